The minimum Gasteiger partial charge on any atom is -0.348 e. The topological polar surface area (TPSA) is 60.5 Å². The molecule has 5 nitrogen and oxygen atoms in total. The van der Waals surface area contributed by atoms with Crippen molar-refractivity contribution in [2.45, 2.75) is 37.5 Å². The number of hydrogen-bond acceptors (Lipinski definition) is 4. The highest BCUT2D eigenvalue weighted by Crippen LogP contribution is 2.35. The lowest BCUT2D eigenvalue weighted by Crippen LogP contribution is -2.44. The molecule has 2 heterocycles. The summed E-state index contributed by atoms with van der Waals surface area (Å²) in [5.74, 6) is -0.491. The Morgan fingerprint density at radius 3 is 2.65 bits per heavy atom. The fourth-order valence-electron chi connectivity index (χ4n) is 3.54. The van der Waals surface area contributed by atoms with E-state index in [1.807, 2.05) is 30.3 Å². The van der Waals surface area contributed by atoms with Gasteiger partial charge in [0, 0.05) is 30.5 Å². The zero-order valence-corrected chi connectivity index (χ0v) is 13.0. The molecule has 1 aromatic heterocycles. The average molecular weight is 312 g/mol. The molecular weight excluding hydrogens is 292 g/mol. The number of nitrogens with one attached hydrogen (secondary N) is 1. The van der Waals surface area contributed by atoms with Crippen LogP contribution < -0.4 is 5.32 Å². The lowest BCUT2D eigenvalue weighted by Gasteiger charge is -2.35. The van der Waals surface area contributed by atoms with Crippen LogP contribution in [0.2, 0.25) is 0 Å². The van der Waals surface area contributed by atoms with Gasteiger partial charge in [-0.25, -0.2) is 0 Å². The standard InChI is InChI=1S/C18H20N2O3/c21-17(16-15-4-2-1-3-13(15)7-10-19-16)20-14-5-8-18(9-6-14)22-11-12-23-18/h1-4,7,10,14H,5-6,8-9,11-12H2,(H,20,21). The van der Waals surface area contributed by atoms with E-state index in [1.165, 1.54) is 0 Å². The minimum atomic E-state index is -0.390. The molecule has 0 unspecified atom stereocenters. The molecule has 1 aliphatic carbocycles. The summed E-state index contributed by atoms with van der Waals surface area (Å²) < 4.78 is 11.5. The number of amides is 1. The highest BCUT2D eigenvalue weighted by molar-refractivity contribution is 6.05. The van der Waals surface area contributed by atoms with E-state index in [1.54, 1.807) is 6.20 Å². The Bertz CT molecular complexity index is 710. The van der Waals surface area contributed by atoms with Gasteiger partial charge in [-0.3, -0.25) is 9.78 Å². The Balaban J connectivity index is 1.46. The van der Waals surface area contributed by atoms with E-state index in [9.17, 15) is 4.79 Å². The molecule has 0 atom stereocenters. The fraction of sp³-hybridized carbons (Fsp3) is 0.444. The molecular formula is C18H20N2O3. The molecule has 2 aromatic rings. The number of carbonyl (C=O) groups excluding carboxylic acids is 1. The van der Waals surface area contributed by atoms with Crippen LogP contribution in [0.4, 0.5) is 0 Å². The van der Waals surface area contributed by atoms with Gasteiger partial charge in [-0.2, -0.15) is 0 Å². The zero-order valence-electron chi connectivity index (χ0n) is 13.0. The van der Waals surface area contributed by atoms with Crippen molar-refractivity contribution >= 4 is 16.7 Å². The van der Waals surface area contributed by atoms with Crippen LogP contribution in [0.1, 0.15) is 36.2 Å². The Hall–Kier alpha value is -1.98. The number of benzene rings is 1. The highest BCUT2D eigenvalue weighted by atomic mass is 16.7. The van der Waals surface area contributed by atoms with Crippen LogP contribution >= 0.6 is 0 Å². The number of nitrogens with zero attached hydrogens (tertiary/aromatic N) is 1. The largest absolute Gasteiger partial charge is 0.348 e. The van der Waals surface area contributed by atoms with Crippen molar-refractivity contribution in [3.05, 3.63) is 42.2 Å². The molecule has 5 heteroatoms. The summed E-state index contributed by atoms with van der Waals surface area (Å²) in [5, 5.41) is 5.04. The molecule has 1 N–H and O–H groups in total. The van der Waals surface area contributed by atoms with Crippen LogP contribution in [0.3, 0.4) is 0 Å². The maximum absolute atomic E-state index is 12.6. The van der Waals surface area contributed by atoms with Crippen molar-refractivity contribution < 1.29 is 14.3 Å². The van der Waals surface area contributed by atoms with E-state index < -0.39 is 0 Å². The van der Waals surface area contributed by atoms with Gasteiger partial charge in [0.15, 0.2) is 5.79 Å². The molecule has 0 radical (unpaired) electrons. The summed E-state index contributed by atoms with van der Waals surface area (Å²) in [6.07, 6.45) is 5.10. The molecule has 4 rings (SSSR count). The second kappa shape index (κ2) is 5.91. The van der Waals surface area contributed by atoms with Crippen molar-refractivity contribution in [2.24, 2.45) is 0 Å². The second-order valence-corrected chi connectivity index (χ2v) is 6.24. The molecule has 1 saturated carbocycles. The number of pyridine rings is 1. The van der Waals surface area contributed by atoms with E-state index in [-0.39, 0.29) is 17.7 Å². The SMILES string of the molecule is O=C(NC1CCC2(CC1)OCCO2)c1nccc2ccccc12. The Morgan fingerprint density at radius 1 is 1.13 bits per heavy atom. The molecule has 2 aliphatic rings. The summed E-state index contributed by atoms with van der Waals surface area (Å²) in [6.45, 7) is 1.36. The van der Waals surface area contributed by atoms with Crippen molar-refractivity contribution in [1.82, 2.24) is 10.3 Å². The lowest BCUT2D eigenvalue weighted by molar-refractivity contribution is -0.179. The lowest BCUT2D eigenvalue weighted by atomic mass is 9.90. The molecule has 23 heavy (non-hydrogen) atoms. The summed E-state index contributed by atoms with van der Waals surface area (Å²) in [4.78, 5) is 16.9. The van der Waals surface area contributed by atoms with Crippen LogP contribution in [0, 0.1) is 0 Å². The van der Waals surface area contributed by atoms with Gasteiger partial charge in [-0.1, -0.05) is 24.3 Å². The van der Waals surface area contributed by atoms with Gasteiger partial charge in [0.1, 0.15) is 5.69 Å². The minimum absolute atomic E-state index is 0.101. The first-order chi connectivity index (χ1) is 11.3. The molecule has 1 spiro atoms. The fourth-order valence-corrected chi connectivity index (χ4v) is 3.54. The summed E-state index contributed by atoms with van der Waals surface area (Å²) in [7, 11) is 0. The van der Waals surface area contributed by atoms with E-state index in [0.29, 0.717) is 18.9 Å². The van der Waals surface area contributed by atoms with E-state index >= 15 is 0 Å². The predicted molar refractivity (Wildman–Crippen MR) is 86.1 cm³/mol. The third-order valence-corrected chi connectivity index (χ3v) is 4.78. The van der Waals surface area contributed by atoms with Crippen LogP contribution in [0.15, 0.2) is 36.5 Å². The number of rotatable bonds is 2. The normalized spacial score (nSPS) is 20.9. The quantitative estimate of drug-likeness (QED) is 0.926. The van der Waals surface area contributed by atoms with Crippen LogP contribution in [-0.4, -0.2) is 35.9 Å². The first-order valence-electron chi connectivity index (χ1n) is 8.18. The number of fused-ring (bicyclic) bond motifs is 1. The van der Waals surface area contributed by atoms with Gasteiger partial charge in [0.25, 0.3) is 5.91 Å². The summed E-state index contributed by atoms with van der Waals surface area (Å²) in [5.41, 5.74) is 0.497. The number of carbonyl (C=O) groups is 1. The smallest absolute Gasteiger partial charge is 0.270 e. The van der Waals surface area contributed by atoms with Crippen molar-refractivity contribution in [1.29, 1.82) is 0 Å². The maximum atomic E-state index is 12.6. The maximum Gasteiger partial charge on any atom is 0.270 e. The Morgan fingerprint density at radius 2 is 1.87 bits per heavy atom. The zero-order chi connectivity index (χ0) is 15.7. The Labute approximate surface area is 135 Å². The second-order valence-electron chi connectivity index (χ2n) is 6.24. The van der Waals surface area contributed by atoms with Gasteiger partial charge in [-0.15, -0.1) is 0 Å². The van der Waals surface area contributed by atoms with Gasteiger partial charge < -0.3 is 14.8 Å². The predicted octanol–water partition coefficient (Wildman–Crippen LogP) is 2.65. The van der Waals surface area contributed by atoms with E-state index in [4.69, 9.17) is 9.47 Å². The number of hydrogen-bond donors (Lipinski definition) is 1. The molecule has 1 aliphatic heterocycles. The van der Waals surface area contributed by atoms with Crippen molar-refractivity contribution in [2.75, 3.05) is 13.2 Å². The number of aromatic nitrogens is 1. The molecule has 120 valence electrons. The first-order valence-corrected chi connectivity index (χ1v) is 8.18. The van der Waals surface area contributed by atoms with E-state index in [2.05, 4.69) is 10.3 Å². The summed E-state index contributed by atoms with van der Waals surface area (Å²) >= 11 is 0. The first kappa shape index (κ1) is 14.6. The van der Waals surface area contributed by atoms with Gasteiger partial charge in [-0.05, 0) is 24.3 Å². The molecule has 1 amide bonds. The van der Waals surface area contributed by atoms with Crippen LogP contribution in [-0.2, 0) is 9.47 Å². The highest BCUT2D eigenvalue weighted by Gasteiger charge is 2.40. The number of ether oxygens (including phenoxy) is 2. The van der Waals surface area contributed by atoms with Crippen molar-refractivity contribution in [3.63, 3.8) is 0 Å². The molecule has 1 saturated heterocycles. The van der Waals surface area contributed by atoms with Crippen molar-refractivity contribution in [3.8, 4) is 0 Å². The van der Waals surface area contributed by atoms with Gasteiger partial charge in [0.2, 0.25) is 0 Å². The molecule has 1 aromatic carbocycles. The van der Waals surface area contributed by atoms with Gasteiger partial charge in [0.05, 0.1) is 13.2 Å². The third kappa shape index (κ3) is 2.82. The molecule has 0 bridgehead atoms. The van der Waals surface area contributed by atoms with Gasteiger partial charge >= 0.3 is 0 Å². The van der Waals surface area contributed by atoms with Crippen LogP contribution in [0.25, 0.3) is 10.8 Å². The summed E-state index contributed by atoms with van der Waals surface area (Å²) in [6, 6.07) is 9.90. The monoisotopic (exact) mass is 312 g/mol. The van der Waals surface area contributed by atoms with E-state index in [0.717, 1.165) is 36.5 Å². The molecule has 2 fully saturated rings. The third-order valence-electron chi connectivity index (χ3n) is 4.78. The van der Waals surface area contributed by atoms with Crippen LogP contribution in [0.5, 0.6) is 0 Å². The average Bonchev–Trinajstić information content (AvgIpc) is 3.05. The Kier molecular flexibility index (Phi) is 3.75.